The van der Waals surface area contributed by atoms with Gasteiger partial charge in [-0.05, 0) is 29.2 Å². The molecule has 0 N–H and O–H groups in total. The van der Waals surface area contributed by atoms with Gasteiger partial charge in [0.15, 0.2) is 0 Å². The second-order valence-electron chi connectivity index (χ2n) is 3.83. The van der Waals surface area contributed by atoms with E-state index in [0.717, 1.165) is 16.7 Å². The highest BCUT2D eigenvalue weighted by molar-refractivity contribution is 5.94. The largest absolute Gasteiger partial charge is 0.298 e. The Kier molecular flexibility index (Phi) is 3.10. The lowest BCUT2D eigenvalue weighted by Crippen LogP contribution is -1.92. The van der Waals surface area contributed by atoms with E-state index >= 15 is 0 Å². The smallest absolute Gasteiger partial charge is 0.146 e. The molecule has 0 aliphatic rings. The minimum Gasteiger partial charge on any atom is -0.298 e. The van der Waals surface area contributed by atoms with E-state index in [2.05, 4.69) is 0 Å². The van der Waals surface area contributed by atoms with Crippen molar-refractivity contribution in [2.75, 3.05) is 0 Å². The lowest BCUT2D eigenvalue weighted by atomic mass is 9.94. The van der Waals surface area contributed by atoms with Crippen LogP contribution in [0.2, 0.25) is 0 Å². The fraction of sp³-hybridized carbons (Fsp3) is 0.0625. The first-order chi connectivity index (χ1) is 8.70. The molecule has 0 aromatic heterocycles. The zero-order valence-corrected chi connectivity index (χ0v) is 9.68. The van der Waals surface area contributed by atoms with Gasteiger partial charge in [-0.15, -0.1) is 0 Å². The summed E-state index contributed by atoms with van der Waals surface area (Å²) in [5.41, 5.74) is 3.22. The minimum absolute atomic E-state index is 0.465. The van der Waals surface area contributed by atoms with Crippen molar-refractivity contribution in [3.05, 3.63) is 77.4 Å². The van der Waals surface area contributed by atoms with E-state index in [0.29, 0.717) is 5.57 Å². The van der Waals surface area contributed by atoms with E-state index in [1.54, 1.807) is 6.92 Å². The van der Waals surface area contributed by atoms with Crippen LogP contribution in [0.4, 0.5) is 0 Å². The maximum atomic E-state index is 11.3. The molecule has 0 spiro atoms. The summed E-state index contributed by atoms with van der Waals surface area (Å²) >= 11 is 0. The molecule has 0 aliphatic heterocycles. The number of hydrogen-bond donors (Lipinski definition) is 0. The third kappa shape index (κ3) is 2.51. The molecule has 0 atom stereocenters. The summed E-state index contributed by atoms with van der Waals surface area (Å²) in [4.78, 5) is 11.3. The quantitative estimate of drug-likeness (QED) is 0.572. The third-order valence-electron chi connectivity index (χ3n) is 2.65. The Morgan fingerprint density at radius 1 is 0.941 bits per heavy atom. The Morgan fingerprint density at radius 3 is 1.71 bits per heavy atom. The van der Waals surface area contributed by atoms with Crippen LogP contribution in [0.5, 0.6) is 0 Å². The molecule has 17 heavy (non-hydrogen) atoms. The van der Waals surface area contributed by atoms with Crippen molar-refractivity contribution in [3.63, 3.8) is 0 Å². The first-order valence-electron chi connectivity index (χ1n) is 6.03. The summed E-state index contributed by atoms with van der Waals surface area (Å²) in [5.74, 6) is 0. The molecular formula is C16H14O. The molecule has 1 nitrogen and oxygen atoms in total. The number of carbonyl (C=O) groups is 1. The van der Waals surface area contributed by atoms with Crippen LogP contribution in [0.3, 0.4) is 0 Å². The van der Waals surface area contributed by atoms with Gasteiger partial charge in [0.2, 0.25) is 0 Å². The highest BCUT2D eigenvalue weighted by atomic mass is 16.1. The van der Waals surface area contributed by atoms with Gasteiger partial charge in [0.05, 0.1) is 0 Å². The van der Waals surface area contributed by atoms with Crippen LogP contribution in [0, 0.1) is 0 Å². The summed E-state index contributed by atoms with van der Waals surface area (Å²) in [6.07, 6.45) is -0.641. The van der Waals surface area contributed by atoms with Crippen molar-refractivity contribution >= 4 is 11.8 Å². The lowest BCUT2D eigenvalue weighted by Gasteiger charge is -2.09. The summed E-state index contributed by atoms with van der Waals surface area (Å²) in [6.45, 7) is 1.70. The van der Waals surface area contributed by atoms with E-state index in [1.807, 2.05) is 60.7 Å². The van der Waals surface area contributed by atoms with E-state index in [1.165, 1.54) is 0 Å². The summed E-state index contributed by atoms with van der Waals surface area (Å²) in [5, 5.41) is 0. The summed E-state index contributed by atoms with van der Waals surface area (Å²) in [7, 11) is 0. The first-order valence-corrected chi connectivity index (χ1v) is 5.53. The predicted octanol–water partition coefficient (Wildman–Crippen LogP) is 3.71. The normalized spacial score (nSPS) is 10.5. The lowest BCUT2D eigenvalue weighted by molar-refractivity contribution is -0.104. The Hall–Kier alpha value is -2.15. The summed E-state index contributed by atoms with van der Waals surface area (Å²) < 4.78 is 7.32. The number of allylic oxidation sites excluding steroid dienone is 1. The van der Waals surface area contributed by atoms with E-state index in [9.17, 15) is 4.79 Å². The fourth-order valence-electron chi connectivity index (χ4n) is 1.86. The van der Waals surface area contributed by atoms with E-state index in [4.69, 9.17) is 1.37 Å². The monoisotopic (exact) mass is 223 g/mol. The van der Waals surface area contributed by atoms with Crippen molar-refractivity contribution in [3.8, 4) is 0 Å². The van der Waals surface area contributed by atoms with Crippen LogP contribution in [-0.2, 0) is 4.79 Å². The van der Waals surface area contributed by atoms with Crippen molar-refractivity contribution in [1.29, 1.82) is 0 Å². The van der Waals surface area contributed by atoms with Crippen molar-refractivity contribution < 1.29 is 6.17 Å². The van der Waals surface area contributed by atoms with Gasteiger partial charge >= 0.3 is 0 Å². The van der Waals surface area contributed by atoms with Crippen molar-refractivity contribution in [1.82, 2.24) is 0 Å². The average Bonchev–Trinajstić information content (AvgIpc) is 2.41. The minimum atomic E-state index is -0.641. The number of rotatable bonds is 3. The molecule has 2 aromatic rings. The molecule has 84 valence electrons. The second-order valence-corrected chi connectivity index (χ2v) is 3.83. The van der Waals surface area contributed by atoms with Gasteiger partial charge in [-0.25, -0.2) is 0 Å². The Labute approximate surface area is 103 Å². The van der Waals surface area contributed by atoms with Crippen LogP contribution in [0.1, 0.15) is 19.4 Å². The number of aldehydes is 1. The molecule has 0 saturated carbocycles. The number of benzene rings is 2. The van der Waals surface area contributed by atoms with Gasteiger partial charge < -0.3 is 0 Å². The zero-order valence-electron chi connectivity index (χ0n) is 10.7. The maximum Gasteiger partial charge on any atom is 0.146 e. The van der Waals surface area contributed by atoms with Crippen LogP contribution in [0.25, 0.3) is 5.57 Å². The van der Waals surface area contributed by atoms with Gasteiger partial charge in [0.25, 0.3) is 0 Å². The van der Waals surface area contributed by atoms with Crippen LogP contribution in [0.15, 0.2) is 66.2 Å². The number of hydrogen-bond acceptors (Lipinski definition) is 1. The molecule has 1 heteroatoms. The van der Waals surface area contributed by atoms with Gasteiger partial charge in [0, 0.05) is 0 Å². The standard InChI is InChI=1S/C16H14O/c1-13(12-17)16(14-8-4-2-5-9-14)15-10-6-3-7-11-15/h2-12H,1H3/i12D. The molecule has 2 rings (SSSR count). The van der Waals surface area contributed by atoms with Gasteiger partial charge in [-0.2, -0.15) is 0 Å². The van der Waals surface area contributed by atoms with Crippen molar-refractivity contribution in [2.24, 2.45) is 0 Å². The van der Waals surface area contributed by atoms with Crippen LogP contribution in [-0.4, -0.2) is 6.26 Å². The predicted molar refractivity (Wildman–Crippen MR) is 70.6 cm³/mol. The first kappa shape index (κ1) is 10.0. The fourth-order valence-corrected chi connectivity index (χ4v) is 1.86. The Balaban J connectivity index is 2.64. The SMILES string of the molecule is [2H]C(=O)C(C)=C(c1ccccc1)c1ccccc1. The molecule has 0 radical (unpaired) electrons. The third-order valence-corrected chi connectivity index (χ3v) is 2.65. The van der Waals surface area contributed by atoms with E-state index < -0.39 is 6.26 Å². The average molecular weight is 223 g/mol. The van der Waals surface area contributed by atoms with Gasteiger partial charge in [-0.1, -0.05) is 60.7 Å². The van der Waals surface area contributed by atoms with Gasteiger partial charge in [-0.3, -0.25) is 4.79 Å². The topological polar surface area (TPSA) is 17.1 Å². The molecule has 0 aliphatic carbocycles. The van der Waals surface area contributed by atoms with Crippen LogP contribution < -0.4 is 0 Å². The Morgan fingerprint density at radius 2 is 1.35 bits per heavy atom. The molecule has 2 aromatic carbocycles. The van der Waals surface area contributed by atoms with E-state index in [-0.39, 0.29) is 0 Å². The van der Waals surface area contributed by atoms with Crippen LogP contribution >= 0.6 is 0 Å². The summed E-state index contributed by atoms with van der Waals surface area (Å²) in [6, 6.07) is 19.4. The van der Waals surface area contributed by atoms with Gasteiger partial charge in [0.1, 0.15) is 7.63 Å². The highest BCUT2D eigenvalue weighted by Gasteiger charge is 2.07. The highest BCUT2D eigenvalue weighted by Crippen LogP contribution is 2.25. The molecule has 0 amide bonds. The zero-order chi connectivity index (χ0) is 13.0. The number of carbonyl (C=O) groups excluding carboxylic acids is 1. The molecule has 0 fully saturated rings. The molecule has 0 bridgehead atoms. The molecule has 0 heterocycles. The maximum absolute atomic E-state index is 11.3. The molecule has 0 unspecified atom stereocenters. The molecule has 0 saturated heterocycles. The molecular weight excluding hydrogens is 208 g/mol. The van der Waals surface area contributed by atoms with Crippen molar-refractivity contribution in [2.45, 2.75) is 6.92 Å². The Bertz CT molecular complexity index is 529. The second kappa shape index (κ2) is 5.26.